The van der Waals surface area contributed by atoms with Crippen LogP contribution in [0.5, 0.6) is 0 Å². The molecule has 2 aromatic rings. The van der Waals surface area contributed by atoms with Crippen LogP contribution in [0.3, 0.4) is 0 Å². The highest BCUT2D eigenvalue weighted by atomic mass is 32.1. The summed E-state index contributed by atoms with van der Waals surface area (Å²) >= 11 is 1.44. The topological polar surface area (TPSA) is 68.1 Å². The highest BCUT2D eigenvalue weighted by molar-refractivity contribution is 7.22. The zero-order valence-corrected chi connectivity index (χ0v) is 9.58. The van der Waals surface area contributed by atoms with Gasteiger partial charge in [-0.1, -0.05) is 18.3 Å². The van der Waals surface area contributed by atoms with Crippen molar-refractivity contribution in [1.82, 2.24) is 4.98 Å². The van der Waals surface area contributed by atoms with Gasteiger partial charge in [0.15, 0.2) is 5.13 Å². The van der Waals surface area contributed by atoms with Gasteiger partial charge in [0.05, 0.1) is 15.1 Å². The quantitative estimate of drug-likeness (QED) is 0.655. The Morgan fingerprint density at radius 1 is 1.56 bits per heavy atom. The number of thiazole rings is 1. The van der Waals surface area contributed by atoms with Gasteiger partial charge in [-0.15, -0.1) is 0 Å². The van der Waals surface area contributed by atoms with Crippen LogP contribution in [0.1, 0.15) is 13.3 Å². The molecule has 1 N–H and O–H groups in total. The summed E-state index contributed by atoms with van der Waals surface area (Å²) in [4.78, 5) is 14.5. The van der Waals surface area contributed by atoms with Gasteiger partial charge in [0.25, 0.3) is 5.69 Å². The first-order chi connectivity index (χ1) is 7.70. The fraction of sp³-hybridized carbons (Fsp3) is 0.300. The van der Waals surface area contributed by atoms with Crippen molar-refractivity contribution in [1.29, 1.82) is 0 Å². The van der Waals surface area contributed by atoms with E-state index in [4.69, 9.17) is 0 Å². The number of hydrogen-bond donors (Lipinski definition) is 1. The van der Waals surface area contributed by atoms with E-state index < -0.39 is 4.92 Å². The number of rotatable bonds is 4. The second-order valence-corrected chi connectivity index (χ2v) is 4.39. The molecule has 5 nitrogen and oxygen atoms in total. The maximum atomic E-state index is 10.6. The van der Waals surface area contributed by atoms with Gasteiger partial charge >= 0.3 is 0 Å². The summed E-state index contributed by atoms with van der Waals surface area (Å²) in [7, 11) is 0. The summed E-state index contributed by atoms with van der Waals surface area (Å²) in [5, 5.41) is 14.6. The summed E-state index contributed by atoms with van der Waals surface area (Å²) < 4.78 is 0.841. The Morgan fingerprint density at radius 3 is 3.06 bits per heavy atom. The van der Waals surface area contributed by atoms with Gasteiger partial charge in [-0.3, -0.25) is 10.1 Å². The largest absolute Gasteiger partial charge is 0.361 e. The van der Waals surface area contributed by atoms with Gasteiger partial charge in [-0.25, -0.2) is 4.98 Å². The van der Waals surface area contributed by atoms with E-state index >= 15 is 0 Å². The molecule has 2 rings (SSSR count). The van der Waals surface area contributed by atoms with Crippen LogP contribution in [-0.2, 0) is 0 Å². The monoisotopic (exact) mass is 237 g/mol. The van der Waals surface area contributed by atoms with Crippen LogP contribution in [0.15, 0.2) is 18.2 Å². The zero-order chi connectivity index (χ0) is 11.5. The molecule has 16 heavy (non-hydrogen) atoms. The number of fused-ring (bicyclic) bond motifs is 1. The molecule has 0 atom stereocenters. The van der Waals surface area contributed by atoms with E-state index in [9.17, 15) is 10.1 Å². The SMILES string of the molecule is CCCNc1nc2ccc([N+](=O)[O-])cc2s1. The van der Waals surface area contributed by atoms with Crippen LogP contribution in [0.25, 0.3) is 10.2 Å². The molecule has 0 radical (unpaired) electrons. The lowest BCUT2D eigenvalue weighted by Crippen LogP contribution is -1.98. The number of nitrogens with zero attached hydrogens (tertiary/aromatic N) is 2. The van der Waals surface area contributed by atoms with Crippen molar-refractivity contribution in [3.63, 3.8) is 0 Å². The molecule has 0 amide bonds. The molecule has 6 heteroatoms. The Kier molecular flexibility index (Phi) is 3.00. The molecule has 0 saturated carbocycles. The van der Waals surface area contributed by atoms with Crippen LogP contribution in [-0.4, -0.2) is 16.5 Å². The van der Waals surface area contributed by atoms with Gasteiger partial charge in [0.2, 0.25) is 0 Å². The number of hydrogen-bond acceptors (Lipinski definition) is 5. The smallest absolute Gasteiger partial charge is 0.270 e. The predicted molar refractivity (Wildman–Crippen MR) is 65.1 cm³/mol. The standard InChI is InChI=1S/C10H11N3O2S/c1-2-5-11-10-12-8-4-3-7(13(14)15)6-9(8)16-10/h3-4,6H,2,5H2,1H3,(H,11,12). The number of benzene rings is 1. The molecule has 0 spiro atoms. The molecule has 1 aromatic carbocycles. The van der Waals surface area contributed by atoms with Crippen molar-refractivity contribution < 1.29 is 4.92 Å². The van der Waals surface area contributed by atoms with Crippen molar-refractivity contribution in [3.05, 3.63) is 28.3 Å². The minimum Gasteiger partial charge on any atom is -0.361 e. The van der Waals surface area contributed by atoms with Crippen LogP contribution in [0, 0.1) is 10.1 Å². The molecule has 0 aliphatic carbocycles. The number of anilines is 1. The maximum absolute atomic E-state index is 10.6. The third kappa shape index (κ3) is 2.11. The predicted octanol–water partition coefficient (Wildman–Crippen LogP) is 3.03. The molecule has 1 aromatic heterocycles. The van der Waals surface area contributed by atoms with Crippen LogP contribution >= 0.6 is 11.3 Å². The van der Waals surface area contributed by atoms with Crippen LogP contribution in [0.4, 0.5) is 10.8 Å². The molecule has 0 saturated heterocycles. The average molecular weight is 237 g/mol. The number of aromatic nitrogens is 1. The van der Waals surface area contributed by atoms with Gasteiger partial charge < -0.3 is 5.32 Å². The first kappa shape index (κ1) is 10.8. The number of non-ortho nitro benzene ring substituents is 1. The van der Waals surface area contributed by atoms with Gasteiger partial charge in [-0.2, -0.15) is 0 Å². The van der Waals surface area contributed by atoms with Crippen LogP contribution < -0.4 is 5.32 Å². The third-order valence-corrected chi connectivity index (χ3v) is 3.08. The third-order valence-electron chi connectivity index (χ3n) is 2.11. The van der Waals surface area contributed by atoms with E-state index in [2.05, 4.69) is 17.2 Å². The van der Waals surface area contributed by atoms with E-state index in [1.165, 1.54) is 17.4 Å². The average Bonchev–Trinajstić information content (AvgIpc) is 2.67. The Morgan fingerprint density at radius 2 is 2.38 bits per heavy atom. The summed E-state index contributed by atoms with van der Waals surface area (Å²) in [5.41, 5.74) is 0.910. The summed E-state index contributed by atoms with van der Waals surface area (Å²) in [6.07, 6.45) is 1.02. The van der Waals surface area contributed by atoms with Gasteiger partial charge in [0.1, 0.15) is 0 Å². The molecule has 84 valence electrons. The second-order valence-electron chi connectivity index (χ2n) is 3.35. The van der Waals surface area contributed by atoms with E-state index in [1.54, 1.807) is 12.1 Å². The Bertz CT molecular complexity index is 524. The lowest BCUT2D eigenvalue weighted by atomic mass is 10.3. The van der Waals surface area contributed by atoms with E-state index in [0.29, 0.717) is 0 Å². The van der Waals surface area contributed by atoms with Crippen molar-refractivity contribution in [2.75, 3.05) is 11.9 Å². The fourth-order valence-electron chi connectivity index (χ4n) is 1.33. The van der Waals surface area contributed by atoms with E-state index in [1.807, 2.05) is 0 Å². The maximum Gasteiger partial charge on any atom is 0.270 e. The van der Waals surface area contributed by atoms with Crippen molar-refractivity contribution in [3.8, 4) is 0 Å². The first-order valence-electron chi connectivity index (χ1n) is 4.99. The molecule has 0 unspecified atom stereocenters. The van der Waals surface area contributed by atoms with E-state index in [-0.39, 0.29) is 5.69 Å². The Labute approximate surface area is 96.3 Å². The number of nitro groups is 1. The molecule has 0 fully saturated rings. The highest BCUT2D eigenvalue weighted by Gasteiger charge is 2.09. The van der Waals surface area contributed by atoms with Crippen molar-refractivity contribution in [2.24, 2.45) is 0 Å². The Hall–Kier alpha value is -1.69. The highest BCUT2D eigenvalue weighted by Crippen LogP contribution is 2.28. The van der Waals surface area contributed by atoms with Gasteiger partial charge in [0, 0.05) is 18.7 Å². The fourth-order valence-corrected chi connectivity index (χ4v) is 2.26. The first-order valence-corrected chi connectivity index (χ1v) is 5.81. The lowest BCUT2D eigenvalue weighted by molar-refractivity contribution is -0.384. The second kappa shape index (κ2) is 4.44. The zero-order valence-electron chi connectivity index (χ0n) is 8.77. The summed E-state index contributed by atoms with van der Waals surface area (Å²) in [6.45, 7) is 2.94. The molecular weight excluding hydrogens is 226 g/mol. The van der Waals surface area contributed by atoms with Gasteiger partial charge in [-0.05, 0) is 12.5 Å². The minimum atomic E-state index is -0.391. The number of nitrogens with one attached hydrogen (secondary N) is 1. The normalized spacial score (nSPS) is 10.6. The minimum absolute atomic E-state index is 0.109. The Balaban J connectivity index is 2.34. The van der Waals surface area contributed by atoms with Crippen LogP contribution in [0.2, 0.25) is 0 Å². The molecular formula is C10H11N3O2S. The number of nitro benzene ring substituents is 1. The van der Waals surface area contributed by atoms with Crippen molar-refractivity contribution in [2.45, 2.75) is 13.3 Å². The molecule has 1 heterocycles. The van der Waals surface area contributed by atoms with Crippen molar-refractivity contribution >= 4 is 32.4 Å². The molecule has 0 aliphatic heterocycles. The molecule has 0 bridgehead atoms. The summed E-state index contributed by atoms with van der Waals surface area (Å²) in [6, 6.07) is 4.72. The molecule has 0 aliphatic rings. The van der Waals surface area contributed by atoms with E-state index in [0.717, 1.165) is 28.3 Å². The lowest BCUT2D eigenvalue weighted by Gasteiger charge is -1.95. The summed E-state index contributed by atoms with van der Waals surface area (Å²) in [5.74, 6) is 0.